The SMILES string of the molecule is CC1(C)CC(NC(=O)NC(CCC(=O)O)Cc2ccccc2)CCO1. The summed E-state index contributed by atoms with van der Waals surface area (Å²) in [6.45, 7) is 4.66. The Hall–Kier alpha value is -2.08. The number of carboxylic acid groups (broad SMARTS) is 1. The normalized spacial score (nSPS) is 20.5. The van der Waals surface area contributed by atoms with Crippen LogP contribution in [-0.4, -0.2) is 41.4 Å². The molecule has 2 rings (SSSR count). The summed E-state index contributed by atoms with van der Waals surface area (Å²) >= 11 is 0. The van der Waals surface area contributed by atoms with Crippen LogP contribution in [0.4, 0.5) is 4.79 Å². The van der Waals surface area contributed by atoms with Gasteiger partial charge >= 0.3 is 12.0 Å². The summed E-state index contributed by atoms with van der Waals surface area (Å²) in [6.07, 6.45) is 2.59. The second-order valence-electron chi connectivity index (χ2n) is 7.23. The highest BCUT2D eigenvalue weighted by Gasteiger charge is 2.30. The lowest BCUT2D eigenvalue weighted by Crippen LogP contribution is -2.51. The Morgan fingerprint density at radius 3 is 2.68 bits per heavy atom. The Morgan fingerprint density at radius 2 is 2.04 bits per heavy atom. The van der Waals surface area contributed by atoms with Crippen LogP contribution in [0.3, 0.4) is 0 Å². The predicted molar refractivity (Wildman–Crippen MR) is 95.5 cm³/mol. The van der Waals surface area contributed by atoms with E-state index in [-0.39, 0.29) is 30.1 Å². The van der Waals surface area contributed by atoms with Crippen molar-refractivity contribution in [1.29, 1.82) is 0 Å². The van der Waals surface area contributed by atoms with E-state index in [0.29, 0.717) is 19.4 Å². The van der Waals surface area contributed by atoms with Gasteiger partial charge < -0.3 is 20.5 Å². The molecular formula is C19H28N2O4. The summed E-state index contributed by atoms with van der Waals surface area (Å²) in [5.41, 5.74) is 0.841. The highest BCUT2D eigenvalue weighted by Crippen LogP contribution is 2.23. The van der Waals surface area contributed by atoms with E-state index >= 15 is 0 Å². The second-order valence-corrected chi connectivity index (χ2v) is 7.23. The van der Waals surface area contributed by atoms with Gasteiger partial charge in [0, 0.05) is 25.1 Å². The van der Waals surface area contributed by atoms with Crippen molar-refractivity contribution in [2.75, 3.05) is 6.61 Å². The van der Waals surface area contributed by atoms with E-state index in [1.165, 1.54) is 0 Å². The zero-order valence-corrected chi connectivity index (χ0v) is 15.0. The van der Waals surface area contributed by atoms with E-state index in [4.69, 9.17) is 9.84 Å². The molecule has 0 spiro atoms. The first-order valence-corrected chi connectivity index (χ1v) is 8.81. The molecule has 1 aromatic rings. The molecule has 1 aliphatic rings. The monoisotopic (exact) mass is 348 g/mol. The Kier molecular flexibility index (Phi) is 6.82. The number of urea groups is 1. The van der Waals surface area contributed by atoms with Crippen LogP contribution >= 0.6 is 0 Å². The van der Waals surface area contributed by atoms with Gasteiger partial charge in [0.1, 0.15) is 0 Å². The van der Waals surface area contributed by atoms with Crippen LogP contribution in [0.5, 0.6) is 0 Å². The molecule has 2 atom stereocenters. The number of nitrogens with one attached hydrogen (secondary N) is 2. The average Bonchev–Trinajstić information content (AvgIpc) is 2.52. The molecule has 6 heteroatoms. The number of amides is 2. The lowest BCUT2D eigenvalue weighted by atomic mass is 9.94. The van der Waals surface area contributed by atoms with Gasteiger partial charge in [-0.15, -0.1) is 0 Å². The van der Waals surface area contributed by atoms with Crippen molar-refractivity contribution in [3.63, 3.8) is 0 Å². The molecule has 0 saturated carbocycles. The first kappa shape index (κ1) is 19.2. The van der Waals surface area contributed by atoms with Gasteiger partial charge in [0.2, 0.25) is 0 Å². The maximum atomic E-state index is 12.4. The van der Waals surface area contributed by atoms with Gasteiger partial charge in [-0.25, -0.2) is 4.79 Å². The van der Waals surface area contributed by atoms with E-state index in [9.17, 15) is 9.59 Å². The number of rotatable bonds is 7. The smallest absolute Gasteiger partial charge is 0.315 e. The number of hydrogen-bond donors (Lipinski definition) is 3. The molecular weight excluding hydrogens is 320 g/mol. The number of hydrogen-bond acceptors (Lipinski definition) is 3. The minimum atomic E-state index is -0.855. The van der Waals surface area contributed by atoms with Gasteiger partial charge in [0.05, 0.1) is 5.60 Å². The Labute approximate surface area is 149 Å². The van der Waals surface area contributed by atoms with Gasteiger partial charge in [-0.05, 0) is 45.1 Å². The summed E-state index contributed by atoms with van der Waals surface area (Å²) in [6, 6.07) is 9.38. The molecule has 1 heterocycles. The number of aliphatic carboxylic acids is 1. The van der Waals surface area contributed by atoms with Crippen LogP contribution in [0.25, 0.3) is 0 Å². The average molecular weight is 348 g/mol. The third-order valence-corrected chi connectivity index (χ3v) is 4.40. The fourth-order valence-corrected chi connectivity index (χ4v) is 3.19. The molecule has 2 amide bonds. The minimum Gasteiger partial charge on any atom is -0.481 e. The zero-order valence-electron chi connectivity index (χ0n) is 15.0. The molecule has 1 aromatic carbocycles. The van der Waals surface area contributed by atoms with Crippen LogP contribution in [0.2, 0.25) is 0 Å². The lowest BCUT2D eigenvalue weighted by molar-refractivity contribution is -0.137. The van der Waals surface area contributed by atoms with Gasteiger partial charge in [-0.3, -0.25) is 4.79 Å². The molecule has 6 nitrogen and oxygen atoms in total. The standard InChI is InChI=1S/C19H28N2O4/c1-19(2)13-16(10-11-25-19)21-18(24)20-15(8-9-17(22)23)12-14-6-4-3-5-7-14/h3-7,15-16H,8-13H2,1-2H3,(H,22,23)(H2,20,21,24). The van der Waals surface area contributed by atoms with Crippen LogP contribution < -0.4 is 10.6 Å². The molecule has 1 aliphatic heterocycles. The molecule has 138 valence electrons. The highest BCUT2D eigenvalue weighted by molar-refractivity contribution is 5.74. The Morgan fingerprint density at radius 1 is 1.32 bits per heavy atom. The third-order valence-electron chi connectivity index (χ3n) is 4.40. The Bertz CT molecular complexity index is 574. The second kappa shape index (κ2) is 8.85. The summed E-state index contributed by atoms with van der Waals surface area (Å²) < 4.78 is 5.67. The molecule has 0 radical (unpaired) electrons. The number of carbonyl (C=O) groups excluding carboxylic acids is 1. The van der Waals surface area contributed by atoms with Crippen LogP contribution in [0.1, 0.15) is 45.1 Å². The largest absolute Gasteiger partial charge is 0.481 e. The summed E-state index contributed by atoms with van der Waals surface area (Å²) in [5, 5.41) is 14.9. The summed E-state index contributed by atoms with van der Waals surface area (Å²) in [7, 11) is 0. The van der Waals surface area contributed by atoms with Crippen LogP contribution in [0, 0.1) is 0 Å². The van der Waals surface area contributed by atoms with Crippen molar-refractivity contribution < 1.29 is 19.4 Å². The first-order chi connectivity index (χ1) is 11.8. The third kappa shape index (κ3) is 7.13. The zero-order chi connectivity index (χ0) is 18.3. The maximum Gasteiger partial charge on any atom is 0.315 e. The fraction of sp³-hybridized carbons (Fsp3) is 0.579. The molecule has 3 N–H and O–H groups in total. The van der Waals surface area contributed by atoms with Gasteiger partial charge in [-0.1, -0.05) is 30.3 Å². The van der Waals surface area contributed by atoms with E-state index in [2.05, 4.69) is 10.6 Å². The number of carbonyl (C=O) groups is 2. The van der Waals surface area contributed by atoms with Crippen LogP contribution in [0.15, 0.2) is 30.3 Å². The van der Waals surface area contributed by atoms with Gasteiger partial charge in [0.15, 0.2) is 0 Å². The lowest BCUT2D eigenvalue weighted by Gasteiger charge is -2.36. The molecule has 2 unspecified atom stereocenters. The van der Waals surface area contributed by atoms with E-state index in [0.717, 1.165) is 18.4 Å². The summed E-state index contributed by atoms with van der Waals surface area (Å²) in [4.78, 5) is 23.2. The van der Waals surface area contributed by atoms with E-state index in [1.54, 1.807) is 0 Å². The van der Waals surface area contributed by atoms with Crippen molar-refractivity contribution in [3.8, 4) is 0 Å². The Balaban J connectivity index is 1.90. The maximum absolute atomic E-state index is 12.4. The van der Waals surface area contributed by atoms with Crippen molar-refractivity contribution in [1.82, 2.24) is 10.6 Å². The molecule has 0 aromatic heterocycles. The van der Waals surface area contributed by atoms with Crippen molar-refractivity contribution in [3.05, 3.63) is 35.9 Å². The molecule has 1 saturated heterocycles. The number of benzene rings is 1. The van der Waals surface area contributed by atoms with Crippen molar-refractivity contribution in [2.45, 2.75) is 63.6 Å². The fourth-order valence-electron chi connectivity index (χ4n) is 3.19. The highest BCUT2D eigenvalue weighted by atomic mass is 16.5. The van der Waals surface area contributed by atoms with E-state index < -0.39 is 5.97 Å². The predicted octanol–water partition coefficient (Wildman–Crippen LogP) is 2.72. The molecule has 25 heavy (non-hydrogen) atoms. The molecule has 1 fully saturated rings. The van der Waals surface area contributed by atoms with Crippen LogP contribution in [-0.2, 0) is 16.0 Å². The first-order valence-electron chi connectivity index (χ1n) is 8.81. The van der Waals surface area contributed by atoms with Crippen molar-refractivity contribution in [2.24, 2.45) is 0 Å². The number of carboxylic acids is 1. The minimum absolute atomic E-state index is 0.0298. The van der Waals surface area contributed by atoms with Gasteiger partial charge in [0.25, 0.3) is 0 Å². The van der Waals surface area contributed by atoms with E-state index in [1.807, 2.05) is 44.2 Å². The molecule has 0 aliphatic carbocycles. The quantitative estimate of drug-likeness (QED) is 0.707. The van der Waals surface area contributed by atoms with Crippen molar-refractivity contribution >= 4 is 12.0 Å². The topological polar surface area (TPSA) is 87.7 Å². The summed E-state index contributed by atoms with van der Waals surface area (Å²) in [5.74, 6) is -0.855. The number of ether oxygens (including phenoxy) is 1. The molecule has 0 bridgehead atoms. The van der Waals surface area contributed by atoms with Gasteiger partial charge in [-0.2, -0.15) is 0 Å².